The minimum atomic E-state index is -0.564. The van der Waals surface area contributed by atoms with Gasteiger partial charge < -0.3 is 10.5 Å². The Labute approximate surface area is 148 Å². The number of aldehydes is 1. The van der Waals surface area contributed by atoms with Crippen molar-refractivity contribution < 1.29 is 9.59 Å². The first-order valence-electron chi connectivity index (χ1n) is 9.30. The summed E-state index contributed by atoms with van der Waals surface area (Å²) in [5, 5.41) is 0.938. The highest BCUT2D eigenvalue weighted by Crippen LogP contribution is 2.40. The summed E-state index contributed by atoms with van der Waals surface area (Å²) in [6, 6.07) is 9.58. The first-order chi connectivity index (χ1) is 12.2. The molecule has 1 aliphatic carbocycles. The Balaban J connectivity index is 2.07. The number of nitrogens with two attached hydrogens (primary N) is 1. The van der Waals surface area contributed by atoms with Gasteiger partial charge in [0.15, 0.2) is 0 Å². The molecule has 1 aromatic heterocycles. The van der Waals surface area contributed by atoms with Gasteiger partial charge in [-0.25, -0.2) is 4.98 Å². The van der Waals surface area contributed by atoms with Crippen LogP contribution in [0.1, 0.15) is 67.4 Å². The average Bonchev–Trinajstić information content (AvgIpc) is 2.65. The van der Waals surface area contributed by atoms with E-state index in [1.54, 1.807) is 0 Å². The normalized spacial score (nSPS) is 18.0. The molecule has 0 spiro atoms. The van der Waals surface area contributed by atoms with Crippen LogP contribution in [0.5, 0.6) is 0 Å². The zero-order valence-electron chi connectivity index (χ0n) is 14.8. The second kappa shape index (κ2) is 7.77. The van der Waals surface area contributed by atoms with Crippen LogP contribution in [-0.4, -0.2) is 17.2 Å². The second-order valence-corrected chi connectivity index (χ2v) is 7.12. The lowest BCUT2D eigenvalue weighted by Gasteiger charge is -2.33. The Morgan fingerprint density at radius 2 is 2.00 bits per heavy atom. The third-order valence-corrected chi connectivity index (χ3v) is 5.68. The molecule has 25 heavy (non-hydrogen) atoms. The van der Waals surface area contributed by atoms with Crippen molar-refractivity contribution in [2.75, 3.05) is 0 Å². The van der Waals surface area contributed by atoms with E-state index in [1.165, 1.54) is 19.3 Å². The minimum absolute atomic E-state index is 0.235. The molecule has 2 N–H and O–H groups in total. The van der Waals surface area contributed by atoms with Gasteiger partial charge in [0.1, 0.15) is 12.0 Å². The molecule has 1 aliphatic rings. The van der Waals surface area contributed by atoms with Crippen LogP contribution < -0.4 is 5.73 Å². The van der Waals surface area contributed by atoms with Gasteiger partial charge in [-0.1, -0.05) is 63.6 Å². The summed E-state index contributed by atoms with van der Waals surface area (Å²) in [6.45, 7) is 2.13. The number of nitrogens with zero attached hydrogens (tertiary/aromatic N) is 1. The standard InChI is InChI=1S/C21H26N2O2/c1-2-16(14-8-4-3-5-9-14)18(13-24)17-12-15-10-6-7-11-19(15)23-20(17)21(22)25/h6-7,10-14,16,18H,2-5,8-9H2,1H3,(H2,22,25). The molecule has 2 unspecified atom stereocenters. The topological polar surface area (TPSA) is 73.1 Å². The molecule has 1 heterocycles. The van der Waals surface area contributed by atoms with E-state index in [-0.39, 0.29) is 17.5 Å². The summed E-state index contributed by atoms with van der Waals surface area (Å²) in [7, 11) is 0. The zero-order valence-corrected chi connectivity index (χ0v) is 14.8. The van der Waals surface area contributed by atoms with Crippen molar-refractivity contribution in [2.24, 2.45) is 17.6 Å². The number of pyridine rings is 1. The lowest BCUT2D eigenvalue weighted by atomic mass is 9.71. The van der Waals surface area contributed by atoms with Gasteiger partial charge in [-0.2, -0.15) is 0 Å². The monoisotopic (exact) mass is 338 g/mol. The molecule has 0 radical (unpaired) electrons. The highest BCUT2D eigenvalue weighted by molar-refractivity contribution is 5.96. The summed E-state index contributed by atoms with van der Waals surface area (Å²) < 4.78 is 0. The van der Waals surface area contributed by atoms with Gasteiger partial charge in [0, 0.05) is 11.3 Å². The maximum Gasteiger partial charge on any atom is 0.267 e. The van der Waals surface area contributed by atoms with E-state index < -0.39 is 5.91 Å². The molecule has 3 rings (SSSR count). The van der Waals surface area contributed by atoms with Gasteiger partial charge in [0.25, 0.3) is 5.91 Å². The smallest absolute Gasteiger partial charge is 0.267 e. The molecule has 2 aromatic rings. The fourth-order valence-corrected chi connectivity index (χ4v) is 4.43. The summed E-state index contributed by atoms with van der Waals surface area (Å²) in [6.07, 6.45) is 7.98. The fourth-order valence-electron chi connectivity index (χ4n) is 4.43. The Morgan fingerprint density at radius 3 is 2.64 bits per heavy atom. The Hall–Kier alpha value is -2.23. The van der Waals surface area contributed by atoms with Crippen molar-refractivity contribution >= 4 is 23.1 Å². The molecule has 0 bridgehead atoms. The van der Waals surface area contributed by atoms with Crippen LogP contribution in [-0.2, 0) is 4.79 Å². The zero-order chi connectivity index (χ0) is 17.8. The van der Waals surface area contributed by atoms with Crippen LogP contribution in [0.15, 0.2) is 30.3 Å². The molecule has 0 aliphatic heterocycles. The first kappa shape index (κ1) is 17.6. The van der Waals surface area contributed by atoms with Crippen molar-refractivity contribution in [3.05, 3.63) is 41.6 Å². The first-order valence-corrected chi connectivity index (χ1v) is 9.30. The van der Waals surface area contributed by atoms with Crippen LogP contribution >= 0.6 is 0 Å². The third-order valence-electron chi connectivity index (χ3n) is 5.68. The fraction of sp³-hybridized carbons (Fsp3) is 0.476. The summed E-state index contributed by atoms with van der Waals surface area (Å²) in [4.78, 5) is 28.6. The number of fused-ring (bicyclic) bond motifs is 1. The number of primary amides is 1. The van der Waals surface area contributed by atoms with Gasteiger partial charge in [-0.05, 0) is 29.5 Å². The maximum absolute atomic E-state index is 12.1. The van der Waals surface area contributed by atoms with Crippen molar-refractivity contribution in [1.82, 2.24) is 4.98 Å². The summed E-state index contributed by atoms with van der Waals surface area (Å²) >= 11 is 0. The number of rotatable bonds is 6. The number of benzene rings is 1. The predicted octanol–water partition coefficient (Wildman–Crippen LogP) is 4.22. The average molecular weight is 338 g/mol. The minimum Gasteiger partial charge on any atom is -0.364 e. The van der Waals surface area contributed by atoms with Crippen LogP contribution in [0.25, 0.3) is 10.9 Å². The Morgan fingerprint density at radius 1 is 1.28 bits per heavy atom. The molecule has 1 aromatic carbocycles. The van der Waals surface area contributed by atoms with E-state index in [4.69, 9.17) is 5.73 Å². The second-order valence-electron chi connectivity index (χ2n) is 7.12. The van der Waals surface area contributed by atoms with Gasteiger partial charge in [0.2, 0.25) is 0 Å². The number of carbonyl (C=O) groups excluding carboxylic acids is 2. The van der Waals surface area contributed by atoms with Crippen LogP contribution in [0.2, 0.25) is 0 Å². The Bertz CT molecular complexity index is 766. The number of hydrogen-bond acceptors (Lipinski definition) is 3. The molecule has 4 nitrogen and oxygen atoms in total. The van der Waals surface area contributed by atoms with Crippen LogP contribution in [0.3, 0.4) is 0 Å². The van der Waals surface area contributed by atoms with Gasteiger partial charge >= 0.3 is 0 Å². The Kier molecular flexibility index (Phi) is 5.47. The molecule has 1 saturated carbocycles. The van der Waals surface area contributed by atoms with Crippen LogP contribution in [0, 0.1) is 11.8 Å². The molecule has 1 amide bonds. The molecular weight excluding hydrogens is 312 g/mol. The van der Waals surface area contributed by atoms with Gasteiger partial charge in [0.05, 0.1) is 5.52 Å². The quantitative estimate of drug-likeness (QED) is 0.801. The van der Waals surface area contributed by atoms with E-state index in [0.717, 1.165) is 36.5 Å². The lowest BCUT2D eigenvalue weighted by molar-refractivity contribution is -0.110. The molecule has 132 valence electrons. The lowest BCUT2D eigenvalue weighted by Crippen LogP contribution is -2.27. The summed E-state index contributed by atoms with van der Waals surface area (Å²) in [5.41, 5.74) is 7.27. The third kappa shape index (κ3) is 3.58. The molecule has 0 saturated heterocycles. The number of carbonyl (C=O) groups is 2. The maximum atomic E-state index is 12.1. The van der Waals surface area contributed by atoms with E-state index in [9.17, 15) is 9.59 Å². The number of para-hydroxylation sites is 1. The highest BCUT2D eigenvalue weighted by Gasteiger charge is 2.32. The highest BCUT2D eigenvalue weighted by atomic mass is 16.1. The van der Waals surface area contributed by atoms with Crippen LogP contribution in [0.4, 0.5) is 0 Å². The molecule has 4 heteroatoms. The number of aromatic nitrogens is 1. The van der Waals surface area contributed by atoms with Crippen molar-refractivity contribution in [3.8, 4) is 0 Å². The number of hydrogen-bond donors (Lipinski definition) is 1. The van der Waals surface area contributed by atoms with E-state index in [0.29, 0.717) is 11.5 Å². The SMILES string of the molecule is CCC(C1CCCCC1)C(C=O)c1cc2ccccc2nc1C(N)=O. The summed E-state index contributed by atoms with van der Waals surface area (Å²) in [5.74, 6) is -0.126. The predicted molar refractivity (Wildman–Crippen MR) is 99.4 cm³/mol. The van der Waals surface area contributed by atoms with Gasteiger partial charge in [-0.3, -0.25) is 4.79 Å². The van der Waals surface area contributed by atoms with E-state index in [1.807, 2.05) is 30.3 Å². The van der Waals surface area contributed by atoms with Crippen molar-refractivity contribution in [1.29, 1.82) is 0 Å². The van der Waals surface area contributed by atoms with E-state index >= 15 is 0 Å². The van der Waals surface area contributed by atoms with Gasteiger partial charge in [-0.15, -0.1) is 0 Å². The van der Waals surface area contributed by atoms with Crippen molar-refractivity contribution in [3.63, 3.8) is 0 Å². The van der Waals surface area contributed by atoms with Crippen molar-refractivity contribution in [2.45, 2.75) is 51.4 Å². The van der Waals surface area contributed by atoms with E-state index in [2.05, 4.69) is 11.9 Å². The molecular formula is C21H26N2O2. The number of amides is 1. The molecule has 2 atom stereocenters. The largest absolute Gasteiger partial charge is 0.364 e. The molecule has 1 fully saturated rings.